The van der Waals surface area contributed by atoms with Crippen LogP contribution in [0.1, 0.15) is 40.0 Å². The van der Waals surface area contributed by atoms with Gasteiger partial charge in [0.15, 0.2) is 0 Å². The standard InChI is InChI=1S/C12H33N9.K.H/c1-4-10(13,14)19-7-20(11(15,16)5-2)9-21(8-19)12(17,18)6-3;;/h4-9,13-18H2,1-3H3;;. The summed E-state index contributed by atoms with van der Waals surface area (Å²) >= 11 is 0. The minimum absolute atomic E-state index is 0. The summed E-state index contributed by atoms with van der Waals surface area (Å²) in [4.78, 5) is 5.68. The van der Waals surface area contributed by atoms with E-state index in [2.05, 4.69) is 0 Å². The molecule has 0 saturated carbocycles. The van der Waals surface area contributed by atoms with E-state index >= 15 is 0 Å². The molecule has 128 valence electrons. The Kier molecular flexibility index (Phi) is 9.08. The molecule has 10 heteroatoms. The minimum atomic E-state index is -0.968. The van der Waals surface area contributed by atoms with Crippen molar-refractivity contribution in [3.63, 3.8) is 0 Å². The Bertz CT molecular complexity index is 289. The molecule has 0 atom stereocenters. The van der Waals surface area contributed by atoms with E-state index in [1.165, 1.54) is 0 Å². The number of nitrogens with two attached hydrogens (primary N) is 6. The molecule has 0 unspecified atom stereocenters. The van der Waals surface area contributed by atoms with Gasteiger partial charge in [-0.1, -0.05) is 20.8 Å². The van der Waals surface area contributed by atoms with Crippen LogP contribution in [0.4, 0.5) is 0 Å². The Morgan fingerprint density at radius 1 is 0.591 bits per heavy atom. The first-order valence-corrected chi connectivity index (χ1v) is 7.48. The molecule has 1 saturated heterocycles. The molecule has 0 aromatic heterocycles. The van der Waals surface area contributed by atoms with Crippen LogP contribution in [0.5, 0.6) is 0 Å². The van der Waals surface area contributed by atoms with Gasteiger partial charge in [0.25, 0.3) is 0 Å². The van der Waals surface area contributed by atoms with E-state index in [1.54, 1.807) is 0 Å². The monoisotopic (exact) mass is 343 g/mol. The fraction of sp³-hybridized carbons (Fsp3) is 1.00. The summed E-state index contributed by atoms with van der Waals surface area (Å²) < 4.78 is 0. The van der Waals surface area contributed by atoms with Crippen molar-refractivity contribution in [3.05, 3.63) is 0 Å². The summed E-state index contributed by atoms with van der Waals surface area (Å²) in [7, 11) is 0. The molecule has 0 radical (unpaired) electrons. The van der Waals surface area contributed by atoms with E-state index in [1.807, 2.05) is 35.5 Å². The zero-order chi connectivity index (χ0) is 16.5. The SMILES string of the molecule is CCC(N)(N)N1CN(C(N)(N)CC)CN(C(N)(N)CC)C1.[KH]. The topological polar surface area (TPSA) is 166 Å². The molecule has 0 aromatic rings. The molecular formula is C12H34KN9. The van der Waals surface area contributed by atoms with Gasteiger partial charge in [-0.3, -0.25) is 0 Å². The molecule has 1 aliphatic heterocycles. The molecule has 22 heavy (non-hydrogen) atoms. The Morgan fingerprint density at radius 3 is 0.909 bits per heavy atom. The molecule has 9 nitrogen and oxygen atoms in total. The number of nitrogens with zero attached hydrogens (tertiary/aromatic N) is 3. The van der Waals surface area contributed by atoms with Crippen LogP contribution in [-0.2, 0) is 0 Å². The van der Waals surface area contributed by atoms with Crippen LogP contribution >= 0.6 is 0 Å². The Labute approximate surface area is 176 Å². The Morgan fingerprint density at radius 2 is 0.773 bits per heavy atom. The normalized spacial score (nSPS) is 20.0. The molecule has 1 rings (SSSR count). The quantitative estimate of drug-likeness (QED) is 0.219. The molecule has 0 bridgehead atoms. The van der Waals surface area contributed by atoms with E-state index in [-0.39, 0.29) is 51.4 Å². The zero-order valence-electron chi connectivity index (χ0n) is 13.5. The van der Waals surface area contributed by atoms with Gasteiger partial charge in [-0.15, -0.1) is 0 Å². The Hall–Kier alpha value is 1.28. The second-order valence-electron chi connectivity index (χ2n) is 6.08. The van der Waals surface area contributed by atoms with E-state index in [0.717, 1.165) is 0 Å². The zero-order valence-corrected chi connectivity index (χ0v) is 13.5. The summed E-state index contributed by atoms with van der Waals surface area (Å²) in [6, 6.07) is 0. The van der Waals surface area contributed by atoms with Gasteiger partial charge in [0.1, 0.15) is 17.4 Å². The number of hydrogen-bond acceptors (Lipinski definition) is 9. The molecule has 0 aliphatic carbocycles. The van der Waals surface area contributed by atoms with Crippen molar-refractivity contribution in [1.29, 1.82) is 0 Å². The molecular weight excluding hydrogens is 309 g/mol. The maximum atomic E-state index is 6.17. The molecule has 0 spiro atoms. The second-order valence-corrected chi connectivity index (χ2v) is 6.08. The van der Waals surface area contributed by atoms with Crippen LogP contribution in [0.2, 0.25) is 0 Å². The first-order valence-electron chi connectivity index (χ1n) is 7.48. The number of hydrogen-bond donors (Lipinski definition) is 6. The molecule has 1 heterocycles. The first-order chi connectivity index (χ1) is 9.50. The van der Waals surface area contributed by atoms with Gasteiger partial charge in [0, 0.05) is 0 Å². The van der Waals surface area contributed by atoms with Crippen molar-refractivity contribution in [2.75, 3.05) is 20.0 Å². The van der Waals surface area contributed by atoms with Crippen molar-refractivity contribution >= 4 is 51.4 Å². The van der Waals surface area contributed by atoms with Gasteiger partial charge in [0.05, 0.1) is 20.0 Å². The van der Waals surface area contributed by atoms with Crippen molar-refractivity contribution in [3.8, 4) is 0 Å². The van der Waals surface area contributed by atoms with Crippen LogP contribution in [0.25, 0.3) is 0 Å². The van der Waals surface area contributed by atoms with Crippen LogP contribution in [-0.4, -0.2) is 103 Å². The van der Waals surface area contributed by atoms with E-state index < -0.39 is 17.4 Å². The summed E-state index contributed by atoms with van der Waals surface area (Å²) in [5, 5.41) is 0. The summed E-state index contributed by atoms with van der Waals surface area (Å²) in [5.41, 5.74) is 37.0. The fourth-order valence-electron chi connectivity index (χ4n) is 2.21. The van der Waals surface area contributed by atoms with Crippen LogP contribution in [0.15, 0.2) is 0 Å². The van der Waals surface area contributed by atoms with Crippen molar-refractivity contribution in [2.24, 2.45) is 34.4 Å². The number of rotatable bonds is 6. The van der Waals surface area contributed by atoms with Crippen LogP contribution < -0.4 is 34.4 Å². The molecule has 0 amide bonds. The fourth-order valence-corrected chi connectivity index (χ4v) is 2.21. The van der Waals surface area contributed by atoms with E-state index in [9.17, 15) is 0 Å². The molecule has 1 fully saturated rings. The van der Waals surface area contributed by atoms with Crippen molar-refractivity contribution in [2.45, 2.75) is 57.4 Å². The molecule has 12 N–H and O–H groups in total. The van der Waals surface area contributed by atoms with Gasteiger partial charge in [0.2, 0.25) is 0 Å². The molecule has 0 aromatic carbocycles. The van der Waals surface area contributed by atoms with Gasteiger partial charge in [-0.25, -0.2) is 14.7 Å². The average molecular weight is 344 g/mol. The maximum absolute atomic E-state index is 6.17. The van der Waals surface area contributed by atoms with Gasteiger partial charge < -0.3 is 34.4 Å². The predicted molar refractivity (Wildman–Crippen MR) is 91.5 cm³/mol. The molecule has 1 aliphatic rings. The van der Waals surface area contributed by atoms with Crippen molar-refractivity contribution < 1.29 is 0 Å². The summed E-state index contributed by atoms with van der Waals surface area (Å²) in [5.74, 6) is -2.90. The third-order valence-corrected chi connectivity index (χ3v) is 4.49. The van der Waals surface area contributed by atoms with E-state index in [4.69, 9.17) is 34.4 Å². The van der Waals surface area contributed by atoms with Gasteiger partial charge in [-0.05, 0) is 19.3 Å². The second kappa shape index (κ2) is 8.58. The summed E-state index contributed by atoms with van der Waals surface area (Å²) in [6.07, 6.45) is 1.74. The van der Waals surface area contributed by atoms with E-state index in [0.29, 0.717) is 39.3 Å². The van der Waals surface area contributed by atoms with Gasteiger partial charge >= 0.3 is 51.4 Å². The third kappa shape index (κ3) is 5.39. The average Bonchev–Trinajstić information content (AvgIpc) is 2.46. The first kappa shape index (κ1) is 23.3. The third-order valence-electron chi connectivity index (χ3n) is 4.49. The van der Waals surface area contributed by atoms with Crippen LogP contribution in [0.3, 0.4) is 0 Å². The predicted octanol–water partition coefficient (Wildman–Crippen LogP) is -2.93. The summed E-state index contributed by atoms with van der Waals surface area (Å²) in [6.45, 7) is 7.20. The van der Waals surface area contributed by atoms with Crippen molar-refractivity contribution in [1.82, 2.24) is 14.7 Å². The Balaban J connectivity index is 0.00000441. The van der Waals surface area contributed by atoms with Gasteiger partial charge in [-0.2, -0.15) is 0 Å². The van der Waals surface area contributed by atoms with Crippen LogP contribution in [0, 0.1) is 0 Å².